The lowest BCUT2D eigenvalue weighted by molar-refractivity contribution is 0.252. The summed E-state index contributed by atoms with van der Waals surface area (Å²) in [4.78, 5) is 11.8. The third kappa shape index (κ3) is 4.31. The zero-order valence-corrected chi connectivity index (χ0v) is 12.2. The Balaban J connectivity index is 1.81. The van der Waals surface area contributed by atoms with Crippen LogP contribution in [0.1, 0.15) is 5.56 Å². The number of phenols is 2. The van der Waals surface area contributed by atoms with Gasteiger partial charge in [0.15, 0.2) is 11.5 Å². The maximum Gasteiger partial charge on any atom is 0.319 e. The summed E-state index contributed by atoms with van der Waals surface area (Å²) in [7, 11) is 1.56. The topological polar surface area (TPSA) is 90.8 Å². The van der Waals surface area contributed by atoms with Gasteiger partial charge in [0.25, 0.3) is 0 Å². The molecule has 0 saturated carbocycles. The lowest BCUT2D eigenvalue weighted by Crippen LogP contribution is -2.30. The van der Waals surface area contributed by atoms with E-state index in [9.17, 15) is 15.0 Å². The maximum atomic E-state index is 11.8. The van der Waals surface area contributed by atoms with Crippen LogP contribution in [0.3, 0.4) is 0 Å². The highest BCUT2D eigenvalue weighted by Crippen LogP contribution is 2.24. The number of phenolic OH excluding ortho intramolecular Hbond substituents is 2. The molecular formula is C16H18N2O4. The summed E-state index contributed by atoms with van der Waals surface area (Å²) >= 11 is 0. The molecule has 0 unspecified atom stereocenters. The molecule has 2 aromatic carbocycles. The molecule has 6 heteroatoms. The van der Waals surface area contributed by atoms with Crippen molar-refractivity contribution in [3.05, 3.63) is 48.0 Å². The van der Waals surface area contributed by atoms with Crippen LogP contribution in [0.5, 0.6) is 17.2 Å². The molecule has 0 fully saturated rings. The van der Waals surface area contributed by atoms with Crippen molar-refractivity contribution in [1.82, 2.24) is 5.32 Å². The Morgan fingerprint density at radius 2 is 1.95 bits per heavy atom. The number of nitrogens with one attached hydrogen (secondary N) is 2. The van der Waals surface area contributed by atoms with Crippen LogP contribution >= 0.6 is 0 Å². The molecular weight excluding hydrogens is 284 g/mol. The molecule has 0 atom stereocenters. The third-order valence-electron chi connectivity index (χ3n) is 3.07. The van der Waals surface area contributed by atoms with Crippen LogP contribution < -0.4 is 15.4 Å². The van der Waals surface area contributed by atoms with E-state index >= 15 is 0 Å². The zero-order chi connectivity index (χ0) is 15.9. The minimum atomic E-state index is -0.323. The Bertz CT molecular complexity index is 658. The molecule has 0 heterocycles. The Labute approximate surface area is 128 Å². The van der Waals surface area contributed by atoms with Crippen molar-refractivity contribution < 1.29 is 19.7 Å². The van der Waals surface area contributed by atoms with Crippen molar-refractivity contribution in [1.29, 1.82) is 0 Å². The van der Waals surface area contributed by atoms with Crippen molar-refractivity contribution >= 4 is 11.7 Å². The number of carbonyl (C=O) groups is 1. The molecule has 0 saturated heterocycles. The number of methoxy groups -OCH3 is 1. The summed E-state index contributed by atoms with van der Waals surface area (Å²) in [5.74, 6) is 0.336. The van der Waals surface area contributed by atoms with Gasteiger partial charge in [-0.3, -0.25) is 0 Å². The fourth-order valence-corrected chi connectivity index (χ4v) is 1.92. The molecule has 0 bridgehead atoms. The highest BCUT2D eigenvalue weighted by Gasteiger charge is 2.04. The average Bonchev–Trinajstić information content (AvgIpc) is 2.51. The summed E-state index contributed by atoms with van der Waals surface area (Å²) in [5.41, 5.74) is 1.45. The second kappa shape index (κ2) is 7.21. The lowest BCUT2D eigenvalue weighted by atomic mass is 10.1. The van der Waals surface area contributed by atoms with Crippen LogP contribution in [0.25, 0.3) is 0 Å². The Hall–Kier alpha value is -2.89. The quantitative estimate of drug-likeness (QED) is 0.639. The molecule has 2 aromatic rings. The standard InChI is InChI=1S/C16H18N2O4/c1-22-13-4-2-3-12(10-13)18-16(21)17-8-7-11-5-6-14(19)15(20)9-11/h2-6,9-10,19-20H,7-8H2,1H3,(H2,17,18,21). The average molecular weight is 302 g/mol. The van der Waals surface area contributed by atoms with Gasteiger partial charge in [-0.15, -0.1) is 0 Å². The van der Waals surface area contributed by atoms with Gasteiger partial charge >= 0.3 is 6.03 Å². The van der Waals surface area contributed by atoms with Crippen molar-refractivity contribution in [2.75, 3.05) is 19.0 Å². The number of benzene rings is 2. The Morgan fingerprint density at radius 3 is 2.68 bits per heavy atom. The molecule has 4 N–H and O–H groups in total. The lowest BCUT2D eigenvalue weighted by Gasteiger charge is -2.09. The summed E-state index contributed by atoms with van der Waals surface area (Å²) in [6.07, 6.45) is 0.541. The number of aromatic hydroxyl groups is 2. The van der Waals surface area contributed by atoms with Crippen molar-refractivity contribution in [2.45, 2.75) is 6.42 Å². The van der Waals surface area contributed by atoms with E-state index in [2.05, 4.69) is 10.6 Å². The number of ether oxygens (including phenoxy) is 1. The summed E-state index contributed by atoms with van der Waals surface area (Å²) in [5, 5.41) is 24.0. The van der Waals surface area contributed by atoms with E-state index in [1.807, 2.05) is 0 Å². The first-order valence-electron chi connectivity index (χ1n) is 6.78. The molecule has 0 aromatic heterocycles. The molecule has 2 rings (SSSR count). The van der Waals surface area contributed by atoms with Crippen LogP contribution in [0.4, 0.5) is 10.5 Å². The second-order valence-corrected chi connectivity index (χ2v) is 4.69. The molecule has 116 valence electrons. The van der Waals surface area contributed by atoms with Crippen molar-refractivity contribution in [3.63, 3.8) is 0 Å². The van der Waals surface area contributed by atoms with Crippen LogP contribution in [0, 0.1) is 0 Å². The first-order valence-corrected chi connectivity index (χ1v) is 6.78. The Kier molecular flexibility index (Phi) is 5.08. The molecule has 6 nitrogen and oxygen atoms in total. The van der Waals surface area contributed by atoms with Gasteiger partial charge < -0.3 is 25.6 Å². The predicted octanol–water partition coefficient (Wildman–Crippen LogP) is 2.47. The van der Waals surface area contributed by atoms with E-state index in [1.54, 1.807) is 37.4 Å². The first-order chi connectivity index (χ1) is 10.6. The SMILES string of the molecule is COc1cccc(NC(=O)NCCc2ccc(O)c(O)c2)c1. The van der Waals surface area contributed by atoms with Gasteiger partial charge in [-0.05, 0) is 36.2 Å². The molecule has 0 radical (unpaired) electrons. The van der Waals surface area contributed by atoms with E-state index in [4.69, 9.17) is 4.74 Å². The number of amides is 2. The highest BCUT2D eigenvalue weighted by molar-refractivity contribution is 5.89. The smallest absolute Gasteiger partial charge is 0.319 e. The van der Waals surface area contributed by atoms with E-state index in [0.29, 0.717) is 24.4 Å². The summed E-state index contributed by atoms with van der Waals surface area (Å²) < 4.78 is 5.08. The van der Waals surface area contributed by atoms with Gasteiger partial charge in [0.05, 0.1) is 7.11 Å². The number of anilines is 1. The normalized spacial score (nSPS) is 10.0. The third-order valence-corrected chi connectivity index (χ3v) is 3.07. The monoisotopic (exact) mass is 302 g/mol. The number of carbonyl (C=O) groups excluding carboxylic acids is 1. The fourth-order valence-electron chi connectivity index (χ4n) is 1.92. The van der Waals surface area contributed by atoms with Crippen molar-refractivity contribution in [3.8, 4) is 17.2 Å². The summed E-state index contributed by atoms with van der Waals surface area (Å²) in [6.45, 7) is 0.403. The Morgan fingerprint density at radius 1 is 1.14 bits per heavy atom. The number of urea groups is 1. The van der Waals surface area contributed by atoms with E-state index in [0.717, 1.165) is 5.56 Å². The maximum absolute atomic E-state index is 11.8. The minimum absolute atomic E-state index is 0.160. The highest BCUT2D eigenvalue weighted by atomic mass is 16.5. The van der Waals surface area contributed by atoms with Gasteiger partial charge in [0, 0.05) is 18.3 Å². The molecule has 22 heavy (non-hydrogen) atoms. The number of hydrogen-bond donors (Lipinski definition) is 4. The molecule has 2 amide bonds. The predicted molar refractivity (Wildman–Crippen MR) is 83.5 cm³/mol. The number of rotatable bonds is 5. The van der Waals surface area contributed by atoms with Crippen LogP contribution in [0.2, 0.25) is 0 Å². The van der Waals surface area contributed by atoms with Crippen molar-refractivity contribution in [2.24, 2.45) is 0 Å². The first kappa shape index (κ1) is 15.5. The molecule has 0 aliphatic carbocycles. The van der Waals surface area contributed by atoms with E-state index in [1.165, 1.54) is 12.1 Å². The fraction of sp³-hybridized carbons (Fsp3) is 0.188. The van der Waals surface area contributed by atoms with E-state index < -0.39 is 0 Å². The second-order valence-electron chi connectivity index (χ2n) is 4.69. The largest absolute Gasteiger partial charge is 0.504 e. The van der Waals surface area contributed by atoms with Crippen LogP contribution in [0.15, 0.2) is 42.5 Å². The molecule has 0 aliphatic rings. The van der Waals surface area contributed by atoms with Gasteiger partial charge in [0.2, 0.25) is 0 Å². The van der Waals surface area contributed by atoms with Gasteiger partial charge in [-0.1, -0.05) is 12.1 Å². The minimum Gasteiger partial charge on any atom is -0.504 e. The summed E-state index contributed by atoms with van der Waals surface area (Å²) in [6, 6.07) is 11.3. The van der Waals surface area contributed by atoms with Gasteiger partial charge in [-0.2, -0.15) is 0 Å². The van der Waals surface area contributed by atoms with Crippen LogP contribution in [-0.2, 0) is 6.42 Å². The van der Waals surface area contributed by atoms with Gasteiger partial charge in [-0.25, -0.2) is 4.79 Å². The zero-order valence-electron chi connectivity index (χ0n) is 12.2. The van der Waals surface area contributed by atoms with Crippen LogP contribution in [-0.4, -0.2) is 29.9 Å². The molecule has 0 aliphatic heterocycles. The van der Waals surface area contributed by atoms with Gasteiger partial charge in [0.1, 0.15) is 5.75 Å². The van der Waals surface area contributed by atoms with E-state index in [-0.39, 0.29) is 17.5 Å². The molecule has 0 spiro atoms. The number of hydrogen-bond acceptors (Lipinski definition) is 4.